The molecule has 0 radical (unpaired) electrons. The smallest absolute Gasteiger partial charge is 0.265 e. The Morgan fingerprint density at radius 3 is 2.48 bits per heavy atom. The Balaban J connectivity index is 2.05. The molecule has 1 amide bonds. The highest BCUT2D eigenvalue weighted by molar-refractivity contribution is 6.33. The van der Waals surface area contributed by atoms with Crippen molar-refractivity contribution in [3.05, 3.63) is 59.1 Å². The predicted molar refractivity (Wildman–Crippen MR) is 95.3 cm³/mol. The van der Waals surface area contributed by atoms with E-state index >= 15 is 0 Å². The molecule has 0 spiro atoms. The highest BCUT2D eigenvalue weighted by atomic mass is 35.5. The van der Waals surface area contributed by atoms with Crippen molar-refractivity contribution in [3.8, 4) is 5.75 Å². The van der Waals surface area contributed by atoms with Crippen LogP contribution < -0.4 is 10.1 Å². The van der Waals surface area contributed by atoms with Crippen LogP contribution in [0.25, 0.3) is 0 Å². The van der Waals surface area contributed by atoms with E-state index < -0.39 is 6.10 Å². The Kier molecular flexibility index (Phi) is 5.32. The molecule has 23 heavy (non-hydrogen) atoms. The Bertz CT molecular complexity index is 692. The van der Waals surface area contributed by atoms with Crippen molar-refractivity contribution in [2.45, 2.75) is 39.2 Å². The number of carbonyl (C=O) groups is 1. The summed E-state index contributed by atoms with van der Waals surface area (Å²) in [4.78, 5) is 12.3. The molecule has 2 aromatic rings. The summed E-state index contributed by atoms with van der Waals surface area (Å²) >= 11 is 6.05. The van der Waals surface area contributed by atoms with Gasteiger partial charge in [0.15, 0.2) is 6.10 Å². The zero-order valence-corrected chi connectivity index (χ0v) is 14.6. The molecule has 0 aliphatic carbocycles. The molecule has 0 saturated heterocycles. The molecule has 0 aromatic heterocycles. The number of halogens is 1. The van der Waals surface area contributed by atoms with Gasteiger partial charge in [0.1, 0.15) is 5.75 Å². The molecule has 0 bridgehead atoms. The van der Waals surface area contributed by atoms with Crippen molar-refractivity contribution < 1.29 is 9.53 Å². The van der Waals surface area contributed by atoms with Crippen LogP contribution in [0.4, 0.5) is 5.69 Å². The normalized spacial score (nSPS) is 12.6. The molecule has 122 valence electrons. The van der Waals surface area contributed by atoms with Crippen LogP contribution in [-0.4, -0.2) is 12.0 Å². The Labute approximate surface area is 142 Å². The lowest BCUT2D eigenvalue weighted by atomic mass is 9.87. The number of para-hydroxylation sites is 1. The van der Waals surface area contributed by atoms with Gasteiger partial charge in [0.05, 0.1) is 10.7 Å². The fourth-order valence-electron chi connectivity index (χ4n) is 2.09. The van der Waals surface area contributed by atoms with E-state index in [1.807, 2.05) is 30.3 Å². The standard InChI is InChI=1S/C19H22ClNO2/c1-13(18(22)21-17-11-6-5-10-16(17)20)23-15-9-7-8-14(12-15)19(2,3)4/h5-13H,1-4H3,(H,21,22). The molecule has 3 nitrogen and oxygen atoms in total. The first kappa shape index (κ1) is 17.4. The lowest BCUT2D eigenvalue weighted by molar-refractivity contribution is -0.122. The largest absolute Gasteiger partial charge is 0.481 e. The summed E-state index contributed by atoms with van der Waals surface area (Å²) in [5, 5.41) is 3.28. The zero-order chi connectivity index (χ0) is 17.0. The second-order valence-electron chi connectivity index (χ2n) is 6.51. The lowest BCUT2D eigenvalue weighted by Crippen LogP contribution is -2.30. The molecule has 2 aromatic carbocycles. The third kappa shape index (κ3) is 4.73. The average Bonchev–Trinajstić information content (AvgIpc) is 2.49. The number of hydrogen-bond donors (Lipinski definition) is 1. The highest BCUT2D eigenvalue weighted by Gasteiger charge is 2.18. The summed E-state index contributed by atoms with van der Waals surface area (Å²) in [6, 6.07) is 14.9. The van der Waals surface area contributed by atoms with Gasteiger partial charge in [-0.15, -0.1) is 0 Å². The minimum atomic E-state index is -0.624. The minimum absolute atomic E-state index is 0.0302. The first-order valence-corrected chi connectivity index (χ1v) is 7.98. The molecule has 1 atom stereocenters. The van der Waals surface area contributed by atoms with Crippen LogP contribution in [0.5, 0.6) is 5.75 Å². The lowest BCUT2D eigenvalue weighted by Gasteiger charge is -2.21. The summed E-state index contributed by atoms with van der Waals surface area (Å²) < 4.78 is 5.77. The minimum Gasteiger partial charge on any atom is -0.481 e. The molecule has 2 rings (SSSR count). The highest BCUT2D eigenvalue weighted by Crippen LogP contribution is 2.26. The van der Waals surface area contributed by atoms with Crippen LogP contribution in [-0.2, 0) is 10.2 Å². The number of benzene rings is 2. The van der Waals surface area contributed by atoms with Gasteiger partial charge in [-0.2, -0.15) is 0 Å². The monoisotopic (exact) mass is 331 g/mol. The molecule has 0 saturated carbocycles. The zero-order valence-electron chi connectivity index (χ0n) is 13.9. The number of carbonyl (C=O) groups excluding carboxylic acids is 1. The summed E-state index contributed by atoms with van der Waals surface area (Å²) in [7, 11) is 0. The van der Waals surface area contributed by atoms with E-state index in [1.54, 1.807) is 19.1 Å². The van der Waals surface area contributed by atoms with Gasteiger partial charge in [-0.3, -0.25) is 4.79 Å². The van der Waals surface area contributed by atoms with E-state index in [1.165, 1.54) is 0 Å². The van der Waals surface area contributed by atoms with Gasteiger partial charge >= 0.3 is 0 Å². The number of nitrogens with one attached hydrogen (secondary N) is 1. The van der Waals surface area contributed by atoms with Gasteiger partial charge in [0.2, 0.25) is 0 Å². The van der Waals surface area contributed by atoms with Gasteiger partial charge in [-0.05, 0) is 42.2 Å². The van der Waals surface area contributed by atoms with Crippen molar-refractivity contribution in [2.75, 3.05) is 5.32 Å². The van der Waals surface area contributed by atoms with E-state index in [-0.39, 0.29) is 11.3 Å². The Morgan fingerprint density at radius 2 is 1.83 bits per heavy atom. The predicted octanol–water partition coefficient (Wildman–Crippen LogP) is 5.04. The van der Waals surface area contributed by atoms with Crippen molar-refractivity contribution in [1.29, 1.82) is 0 Å². The topological polar surface area (TPSA) is 38.3 Å². The van der Waals surface area contributed by atoms with E-state index in [0.717, 1.165) is 5.56 Å². The Morgan fingerprint density at radius 1 is 1.13 bits per heavy atom. The molecule has 0 aliphatic rings. The van der Waals surface area contributed by atoms with Crippen LogP contribution in [0.2, 0.25) is 5.02 Å². The molecule has 1 unspecified atom stereocenters. The molecular formula is C19H22ClNO2. The van der Waals surface area contributed by atoms with E-state index in [4.69, 9.17) is 16.3 Å². The molecule has 0 fully saturated rings. The fraction of sp³-hybridized carbons (Fsp3) is 0.316. The number of anilines is 1. The maximum atomic E-state index is 12.3. The summed E-state index contributed by atoms with van der Waals surface area (Å²) in [6.07, 6.45) is -0.624. The molecule has 4 heteroatoms. The third-order valence-corrected chi connectivity index (χ3v) is 3.84. The number of rotatable bonds is 4. The number of hydrogen-bond acceptors (Lipinski definition) is 2. The third-order valence-electron chi connectivity index (χ3n) is 3.51. The molecule has 0 heterocycles. The first-order valence-electron chi connectivity index (χ1n) is 7.60. The quantitative estimate of drug-likeness (QED) is 0.852. The maximum Gasteiger partial charge on any atom is 0.265 e. The van der Waals surface area contributed by atoms with Gasteiger partial charge in [-0.25, -0.2) is 0 Å². The van der Waals surface area contributed by atoms with Crippen molar-refractivity contribution in [2.24, 2.45) is 0 Å². The Hall–Kier alpha value is -2.00. The SMILES string of the molecule is CC(Oc1cccc(C(C)(C)C)c1)C(=O)Nc1ccccc1Cl. The van der Waals surface area contributed by atoms with E-state index in [9.17, 15) is 4.79 Å². The van der Waals surface area contributed by atoms with Crippen LogP contribution in [0.3, 0.4) is 0 Å². The van der Waals surface area contributed by atoms with Crippen molar-refractivity contribution in [1.82, 2.24) is 0 Å². The second kappa shape index (κ2) is 7.05. The molecule has 0 aliphatic heterocycles. The number of amides is 1. The van der Waals surface area contributed by atoms with Gasteiger partial charge in [-0.1, -0.05) is 56.6 Å². The maximum absolute atomic E-state index is 12.3. The van der Waals surface area contributed by atoms with Crippen LogP contribution >= 0.6 is 11.6 Å². The van der Waals surface area contributed by atoms with Gasteiger partial charge in [0, 0.05) is 0 Å². The van der Waals surface area contributed by atoms with Gasteiger partial charge < -0.3 is 10.1 Å². The van der Waals surface area contributed by atoms with Gasteiger partial charge in [0.25, 0.3) is 5.91 Å². The van der Waals surface area contributed by atoms with E-state index in [0.29, 0.717) is 16.5 Å². The van der Waals surface area contributed by atoms with Crippen LogP contribution in [0.15, 0.2) is 48.5 Å². The van der Waals surface area contributed by atoms with E-state index in [2.05, 4.69) is 32.2 Å². The second-order valence-corrected chi connectivity index (χ2v) is 6.91. The summed E-state index contributed by atoms with van der Waals surface area (Å²) in [6.45, 7) is 8.13. The average molecular weight is 332 g/mol. The fourth-order valence-corrected chi connectivity index (χ4v) is 2.27. The first-order chi connectivity index (χ1) is 10.8. The van der Waals surface area contributed by atoms with Crippen LogP contribution in [0, 0.1) is 0 Å². The molecule has 1 N–H and O–H groups in total. The van der Waals surface area contributed by atoms with Crippen molar-refractivity contribution in [3.63, 3.8) is 0 Å². The summed E-state index contributed by atoms with van der Waals surface area (Å²) in [5.74, 6) is 0.443. The molecular weight excluding hydrogens is 310 g/mol. The number of ether oxygens (including phenoxy) is 1. The van der Waals surface area contributed by atoms with Crippen LogP contribution in [0.1, 0.15) is 33.3 Å². The van der Waals surface area contributed by atoms with Crippen molar-refractivity contribution >= 4 is 23.2 Å². The summed E-state index contributed by atoms with van der Waals surface area (Å²) in [5.41, 5.74) is 1.77.